The van der Waals surface area contributed by atoms with Crippen molar-refractivity contribution >= 4 is 51.3 Å². The van der Waals surface area contributed by atoms with E-state index >= 15 is 0 Å². The standard InChI is InChI=1S/C8H5F3IN3O2S/c9-8(10,11)4-1-3(15(16)17)2-5(12)6(4)14-7(13)18/h1-2H,(H3,13,14,18). The Morgan fingerprint density at radius 3 is 2.44 bits per heavy atom. The SMILES string of the molecule is NC(=S)Nc1c(I)cc([N+](=O)[O-])cc1C(F)(F)F. The molecule has 0 aliphatic heterocycles. The summed E-state index contributed by atoms with van der Waals surface area (Å²) in [5.41, 5.74) is 2.89. The van der Waals surface area contributed by atoms with Crippen LogP contribution < -0.4 is 11.1 Å². The van der Waals surface area contributed by atoms with Gasteiger partial charge in [0, 0.05) is 15.7 Å². The number of anilines is 1. The summed E-state index contributed by atoms with van der Waals surface area (Å²) < 4.78 is 38.3. The molecule has 0 heterocycles. The fourth-order valence-electron chi connectivity index (χ4n) is 1.17. The van der Waals surface area contributed by atoms with Crippen molar-refractivity contribution in [3.8, 4) is 0 Å². The molecular weight excluding hydrogens is 386 g/mol. The van der Waals surface area contributed by atoms with Crippen molar-refractivity contribution < 1.29 is 18.1 Å². The molecule has 1 rings (SSSR count). The molecule has 0 aliphatic carbocycles. The average Bonchev–Trinajstić information content (AvgIpc) is 2.17. The normalized spacial score (nSPS) is 11.1. The molecule has 0 saturated heterocycles. The molecule has 0 spiro atoms. The van der Waals surface area contributed by atoms with Crippen LogP contribution in [0.3, 0.4) is 0 Å². The van der Waals surface area contributed by atoms with Crippen molar-refractivity contribution in [2.24, 2.45) is 5.73 Å². The number of hydrogen-bond acceptors (Lipinski definition) is 3. The molecule has 3 N–H and O–H groups in total. The second-order valence-corrected chi connectivity index (χ2v) is 4.70. The van der Waals surface area contributed by atoms with Crippen molar-refractivity contribution in [2.45, 2.75) is 6.18 Å². The maximum Gasteiger partial charge on any atom is 0.418 e. The fraction of sp³-hybridized carbons (Fsp3) is 0.125. The summed E-state index contributed by atoms with van der Waals surface area (Å²) in [6, 6.07) is 1.43. The van der Waals surface area contributed by atoms with Crippen LogP contribution in [0.1, 0.15) is 5.56 Å². The Hall–Kier alpha value is -1.17. The van der Waals surface area contributed by atoms with E-state index in [1.54, 1.807) is 0 Å². The highest BCUT2D eigenvalue weighted by Crippen LogP contribution is 2.39. The van der Waals surface area contributed by atoms with Crippen LogP contribution in [0.5, 0.6) is 0 Å². The molecule has 5 nitrogen and oxygen atoms in total. The highest BCUT2D eigenvalue weighted by atomic mass is 127. The number of alkyl halides is 3. The summed E-state index contributed by atoms with van der Waals surface area (Å²) in [6.45, 7) is 0. The molecule has 0 radical (unpaired) electrons. The van der Waals surface area contributed by atoms with Crippen LogP contribution in [0.2, 0.25) is 0 Å². The fourth-order valence-corrected chi connectivity index (χ4v) is 2.02. The number of non-ortho nitro benzene ring substituents is 1. The number of hydrogen-bond donors (Lipinski definition) is 2. The number of nitrogens with one attached hydrogen (secondary N) is 1. The van der Waals surface area contributed by atoms with E-state index in [0.29, 0.717) is 6.07 Å². The maximum absolute atomic E-state index is 12.8. The molecule has 0 unspecified atom stereocenters. The summed E-state index contributed by atoms with van der Waals surface area (Å²) in [5.74, 6) is 0. The maximum atomic E-state index is 12.8. The lowest BCUT2D eigenvalue weighted by Crippen LogP contribution is -2.22. The molecule has 18 heavy (non-hydrogen) atoms. The summed E-state index contributed by atoms with van der Waals surface area (Å²) in [6.07, 6.45) is -4.75. The monoisotopic (exact) mass is 391 g/mol. The molecule has 1 aromatic carbocycles. The number of nitrogens with zero attached hydrogens (tertiary/aromatic N) is 1. The van der Waals surface area contributed by atoms with Crippen LogP contribution in [0.4, 0.5) is 24.5 Å². The Morgan fingerprint density at radius 1 is 1.50 bits per heavy atom. The van der Waals surface area contributed by atoms with Gasteiger partial charge in [0.25, 0.3) is 5.69 Å². The topological polar surface area (TPSA) is 81.2 Å². The minimum atomic E-state index is -4.75. The molecule has 0 aromatic heterocycles. The average molecular weight is 391 g/mol. The number of nitro groups is 1. The zero-order valence-corrected chi connectivity index (χ0v) is 11.4. The van der Waals surface area contributed by atoms with Crippen LogP contribution in [-0.4, -0.2) is 10.0 Å². The third kappa shape index (κ3) is 3.41. The lowest BCUT2D eigenvalue weighted by Gasteiger charge is -2.15. The van der Waals surface area contributed by atoms with Gasteiger partial charge in [-0.3, -0.25) is 10.1 Å². The summed E-state index contributed by atoms with van der Waals surface area (Å²) in [7, 11) is 0. The summed E-state index contributed by atoms with van der Waals surface area (Å²) in [4.78, 5) is 9.63. The molecule has 10 heteroatoms. The Bertz CT molecular complexity index is 521. The number of nitrogens with two attached hydrogens (primary N) is 1. The minimum absolute atomic E-state index is 0.00178. The quantitative estimate of drug-likeness (QED) is 0.351. The lowest BCUT2D eigenvalue weighted by atomic mass is 10.1. The number of benzene rings is 1. The molecule has 0 atom stereocenters. The second kappa shape index (κ2) is 5.22. The molecule has 0 aliphatic rings. The molecule has 0 saturated carbocycles. The van der Waals surface area contributed by atoms with E-state index in [2.05, 4.69) is 17.5 Å². The Labute approximate surface area is 118 Å². The summed E-state index contributed by atoms with van der Waals surface area (Å²) in [5, 5.41) is 12.3. The van der Waals surface area contributed by atoms with E-state index in [9.17, 15) is 23.3 Å². The molecule has 0 bridgehead atoms. The van der Waals surface area contributed by atoms with Crippen LogP contribution in [0.15, 0.2) is 12.1 Å². The van der Waals surface area contributed by atoms with E-state index in [1.807, 2.05) is 0 Å². The van der Waals surface area contributed by atoms with Gasteiger partial charge in [-0.1, -0.05) is 0 Å². The van der Waals surface area contributed by atoms with Gasteiger partial charge in [-0.2, -0.15) is 13.2 Å². The van der Waals surface area contributed by atoms with Gasteiger partial charge in [-0.05, 0) is 34.8 Å². The molecule has 1 aromatic rings. The van der Waals surface area contributed by atoms with Gasteiger partial charge in [0.05, 0.1) is 16.2 Å². The van der Waals surface area contributed by atoms with Gasteiger partial charge in [0.1, 0.15) is 0 Å². The van der Waals surface area contributed by atoms with Gasteiger partial charge >= 0.3 is 6.18 Å². The Morgan fingerprint density at radius 2 is 2.06 bits per heavy atom. The van der Waals surface area contributed by atoms with Crippen LogP contribution >= 0.6 is 34.8 Å². The predicted octanol–water partition coefficient (Wildman–Crippen LogP) is 2.87. The first kappa shape index (κ1) is 14.9. The van der Waals surface area contributed by atoms with Crippen LogP contribution in [-0.2, 0) is 6.18 Å². The number of halogens is 4. The lowest BCUT2D eigenvalue weighted by molar-refractivity contribution is -0.385. The molecule has 98 valence electrons. The highest BCUT2D eigenvalue weighted by molar-refractivity contribution is 14.1. The van der Waals surface area contributed by atoms with Crippen molar-refractivity contribution in [3.63, 3.8) is 0 Å². The van der Waals surface area contributed by atoms with Gasteiger partial charge in [-0.25, -0.2) is 0 Å². The zero-order valence-electron chi connectivity index (χ0n) is 8.42. The van der Waals surface area contributed by atoms with Crippen LogP contribution in [0, 0.1) is 13.7 Å². The first-order valence-electron chi connectivity index (χ1n) is 4.24. The van der Waals surface area contributed by atoms with Crippen molar-refractivity contribution in [2.75, 3.05) is 5.32 Å². The molecular formula is C8H5F3IN3O2S. The van der Waals surface area contributed by atoms with Crippen molar-refractivity contribution in [1.82, 2.24) is 0 Å². The van der Waals surface area contributed by atoms with Crippen molar-refractivity contribution in [3.05, 3.63) is 31.4 Å². The first-order chi connectivity index (χ1) is 8.12. The predicted molar refractivity (Wildman–Crippen MR) is 71.2 cm³/mol. The smallest absolute Gasteiger partial charge is 0.376 e. The third-order valence-electron chi connectivity index (χ3n) is 1.84. The number of rotatable bonds is 2. The van der Waals surface area contributed by atoms with E-state index in [-0.39, 0.29) is 14.4 Å². The summed E-state index contributed by atoms with van der Waals surface area (Å²) >= 11 is 6.00. The van der Waals surface area contributed by atoms with E-state index < -0.39 is 22.4 Å². The van der Waals surface area contributed by atoms with E-state index in [1.165, 1.54) is 22.6 Å². The Kier molecular flexibility index (Phi) is 4.32. The number of nitro benzene ring substituents is 1. The minimum Gasteiger partial charge on any atom is -0.376 e. The highest BCUT2D eigenvalue weighted by Gasteiger charge is 2.36. The van der Waals surface area contributed by atoms with Gasteiger partial charge in [0.15, 0.2) is 5.11 Å². The zero-order chi connectivity index (χ0) is 14.1. The van der Waals surface area contributed by atoms with Gasteiger partial charge in [-0.15, -0.1) is 0 Å². The van der Waals surface area contributed by atoms with E-state index in [4.69, 9.17) is 5.73 Å². The van der Waals surface area contributed by atoms with E-state index in [0.717, 1.165) is 6.07 Å². The Balaban J connectivity index is 3.49. The van der Waals surface area contributed by atoms with Crippen molar-refractivity contribution in [1.29, 1.82) is 0 Å². The number of thiocarbonyl (C=S) groups is 1. The first-order valence-corrected chi connectivity index (χ1v) is 5.73. The molecule has 0 fully saturated rings. The van der Waals surface area contributed by atoms with Gasteiger partial charge in [0.2, 0.25) is 0 Å². The second-order valence-electron chi connectivity index (χ2n) is 3.09. The van der Waals surface area contributed by atoms with Crippen LogP contribution in [0.25, 0.3) is 0 Å². The third-order valence-corrected chi connectivity index (χ3v) is 2.79. The van der Waals surface area contributed by atoms with Gasteiger partial charge < -0.3 is 11.1 Å². The largest absolute Gasteiger partial charge is 0.418 e. The molecule has 0 amide bonds.